The molecule has 1 unspecified atom stereocenters. The Balaban J connectivity index is 2.09. The molecule has 7 heteroatoms. The molecular weight excluding hydrogens is 389 g/mol. The van der Waals surface area contributed by atoms with E-state index in [0.717, 1.165) is 0 Å². The number of halogens is 1. The van der Waals surface area contributed by atoms with Crippen LogP contribution < -0.4 is 4.74 Å². The minimum absolute atomic E-state index is 0.0390. The zero-order valence-corrected chi connectivity index (χ0v) is 17.1. The van der Waals surface area contributed by atoms with Crippen molar-refractivity contribution in [3.8, 4) is 5.75 Å². The predicted octanol–water partition coefficient (Wildman–Crippen LogP) is 3.68. The molecule has 1 saturated heterocycles. The molecule has 1 N–H and O–H groups in total. The van der Waals surface area contributed by atoms with Crippen molar-refractivity contribution < 1.29 is 28.6 Å². The Morgan fingerprint density at radius 3 is 2.50 bits per heavy atom. The second-order valence-electron chi connectivity index (χ2n) is 7.20. The minimum atomic E-state index is -0.854. The van der Waals surface area contributed by atoms with Gasteiger partial charge in [0.1, 0.15) is 17.3 Å². The van der Waals surface area contributed by atoms with E-state index in [1.54, 1.807) is 24.3 Å². The number of benzene rings is 2. The molecule has 1 aliphatic rings. The number of carbonyl (C=O) groups excluding carboxylic acids is 2. The van der Waals surface area contributed by atoms with Crippen LogP contribution in [0.2, 0.25) is 0 Å². The Bertz CT molecular complexity index is 968. The molecule has 2 aromatic carbocycles. The van der Waals surface area contributed by atoms with Crippen LogP contribution in [-0.2, 0) is 14.3 Å². The Morgan fingerprint density at radius 1 is 1.17 bits per heavy atom. The van der Waals surface area contributed by atoms with E-state index in [-0.39, 0.29) is 30.6 Å². The summed E-state index contributed by atoms with van der Waals surface area (Å²) >= 11 is 0. The van der Waals surface area contributed by atoms with Gasteiger partial charge in [0.15, 0.2) is 0 Å². The first-order chi connectivity index (χ1) is 14.3. The zero-order valence-electron chi connectivity index (χ0n) is 17.1. The number of hydrogen-bond acceptors (Lipinski definition) is 5. The molecule has 1 amide bonds. The fourth-order valence-corrected chi connectivity index (χ4v) is 3.41. The number of aliphatic hydroxyl groups is 1. The van der Waals surface area contributed by atoms with Crippen molar-refractivity contribution in [2.75, 3.05) is 20.3 Å². The standard InChI is InChI=1S/C23H24FNO5/c1-14(2)30-12-11-25-20(15-7-9-17(24)10-8-15)19(22(27)23(25)28)21(26)16-5-4-6-18(13-16)29-3/h4-10,13-14,20,26H,11-12H2,1-3H3/b21-19-. The van der Waals surface area contributed by atoms with Crippen LogP contribution >= 0.6 is 0 Å². The van der Waals surface area contributed by atoms with Crippen LogP contribution in [0.4, 0.5) is 4.39 Å². The van der Waals surface area contributed by atoms with E-state index in [0.29, 0.717) is 16.9 Å². The SMILES string of the molecule is COc1cccc(/C(O)=C2/C(=O)C(=O)N(CCOC(C)C)C2c2ccc(F)cc2)c1. The number of amides is 1. The topological polar surface area (TPSA) is 76.1 Å². The molecule has 1 heterocycles. The smallest absolute Gasteiger partial charge is 0.295 e. The molecule has 1 fully saturated rings. The predicted molar refractivity (Wildman–Crippen MR) is 109 cm³/mol. The molecule has 3 rings (SSSR count). The van der Waals surface area contributed by atoms with Gasteiger partial charge in [-0.15, -0.1) is 0 Å². The average molecular weight is 413 g/mol. The minimum Gasteiger partial charge on any atom is -0.507 e. The van der Waals surface area contributed by atoms with Crippen molar-refractivity contribution in [3.63, 3.8) is 0 Å². The van der Waals surface area contributed by atoms with Crippen LogP contribution in [0.1, 0.15) is 31.0 Å². The number of hydrogen-bond donors (Lipinski definition) is 1. The third kappa shape index (κ3) is 4.36. The van der Waals surface area contributed by atoms with Gasteiger partial charge >= 0.3 is 0 Å². The van der Waals surface area contributed by atoms with Gasteiger partial charge in [-0.3, -0.25) is 9.59 Å². The van der Waals surface area contributed by atoms with Crippen LogP contribution in [0.25, 0.3) is 5.76 Å². The van der Waals surface area contributed by atoms with Crippen molar-refractivity contribution in [2.45, 2.75) is 26.0 Å². The second kappa shape index (κ2) is 9.09. The number of methoxy groups -OCH3 is 1. The van der Waals surface area contributed by atoms with Crippen LogP contribution in [0.3, 0.4) is 0 Å². The normalized spacial score (nSPS) is 18.3. The number of aliphatic hydroxyl groups excluding tert-OH is 1. The van der Waals surface area contributed by atoms with Gasteiger partial charge < -0.3 is 19.5 Å². The monoisotopic (exact) mass is 413 g/mol. The molecule has 0 spiro atoms. The quantitative estimate of drug-likeness (QED) is 0.426. The summed E-state index contributed by atoms with van der Waals surface area (Å²) in [6.45, 7) is 4.12. The van der Waals surface area contributed by atoms with E-state index in [2.05, 4.69) is 0 Å². The molecule has 1 atom stereocenters. The fraction of sp³-hybridized carbons (Fsp3) is 0.304. The van der Waals surface area contributed by atoms with E-state index in [4.69, 9.17) is 9.47 Å². The van der Waals surface area contributed by atoms with E-state index >= 15 is 0 Å². The molecule has 2 aromatic rings. The molecule has 0 aliphatic carbocycles. The third-order valence-electron chi connectivity index (χ3n) is 4.85. The van der Waals surface area contributed by atoms with Crippen molar-refractivity contribution in [1.29, 1.82) is 0 Å². The lowest BCUT2D eigenvalue weighted by Gasteiger charge is -2.25. The van der Waals surface area contributed by atoms with Gasteiger partial charge in [0.2, 0.25) is 0 Å². The summed E-state index contributed by atoms with van der Waals surface area (Å²) in [7, 11) is 1.49. The molecule has 158 valence electrons. The maximum absolute atomic E-state index is 13.5. The summed E-state index contributed by atoms with van der Waals surface area (Å²) in [6.07, 6.45) is -0.0390. The van der Waals surface area contributed by atoms with Crippen LogP contribution in [0, 0.1) is 5.82 Å². The molecule has 0 saturated carbocycles. The number of nitrogens with zero attached hydrogens (tertiary/aromatic N) is 1. The van der Waals surface area contributed by atoms with Crippen LogP contribution in [0.5, 0.6) is 5.75 Å². The highest BCUT2D eigenvalue weighted by atomic mass is 19.1. The first kappa shape index (κ1) is 21.5. The van der Waals surface area contributed by atoms with Crippen molar-refractivity contribution >= 4 is 17.4 Å². The zero-order chi connectivity index (χ0) is 21.8. The molecule has 1 aliphatic heterocycles. The fourth-order valence-electron chi connectivity index (χ4n) is 3.41. The highest BCUT2D eigenvalue weighted by Crippen LogP contribution is 2.39. The molecule has 30 heavy (non-hydrogen) atoms. The maximum atomic E-state index is 13.5. The first-order valence-corrected chi connectivity index (χ1v) is 9.63. The van der Waals surface area contributed by atoms with Gasteiger partial charge in [-0.25, -0.2) is 4.39 Å². The van der Waals surface area contributed by atoms with E-state index in [1.807, 2.05) is 13.8 Å². The van der Waals surface area contributed by atoms with Gasteiger partial charge in [-0.05, 0) is 43.7 Å². The Hall–Kier alpha value is -3.19. The van der Waals surface area contributed by atoms with Gasteiger partial charge in [0.05, 0.1) is 31.4 Å². The summed E-state index contributed by atoms with van der Waals surface area (Å²) in [5.74, 6) is -1.78. The van der Waals surface area contributed by atoms with E-state index < -0.39 is 23.5 Å². The number of carbonyl (C=O) groups is 2. The average Bonchev–Trinajstić information content (AvgIpc) is 2.98. The summed E-state index contributed by atoms with van der Waals surface area (Å²) in [6, 6.07) is 11.2. The summed E-state index contributed by atoms with van der Waals surface area (Å²) < 4.78 is 24.2. The van der Waals surface area contributed by atoms with Gasteiger partial charge in [-0.1, -0.05) is 24.3 Å². The second-order valence-corrected chi connectivity index (χ2v) is 7.20. The molecule has 0 radical (unpaired) electrons. The third-order valence-corrected chi connectivity index (χ3v) is 4.85. The Morgan fingerprint density at radius 2 is 1.87 bits per heavy atom. The van der Waals surface area contributed by atoms with Gasteiger partial charge in [0.25, 0.3) is 11.7 Å². The van der Waals surface area contributed by atoms with Crippen LogP contribution in [-0.4, -0.2) is 48.1 Å². The molecule has 6 nitrogen and oxygen atoms in total. The molecule has 0 bridgehead atoms. The molecule has 0 aromatic heterocycles. The van der Waals surface area contributed by atoms with E-state index in [9.17, 15) is 19.1 Å². The first-order valence-electron chi connectivity index (χ1n) is 9.63. The summed E-state index contributed by atoms with van der Waals surface area (Å²) in [5, 5.41) is 11.0. The highest BCUT2D eigenvalue weighted by Gasteiger charge is 2.45. The summed E-state index contributed by atoms with van der Waals surface area (Å²) in [5.41, 5.74) is 0.812. The number of likely N-dealkylation sites (tertiary alicyclic amines) is 1. The van der Waals surface area contributed by atoms with Crippen molar-refractivity contribution in [1.82, 2.24) is 4.90 Å². The Kier molecular flexibility index (Phi) is 6.52. The number of Topliss-reactive ketones (excluding diaryl/α,β-unsaturated/α-hetero) is 1. The largest absolute Gasteiger partial charge is 0.507 e. The lowest BCUT2D eigenvalue weighted by atomic mass is 9.95. The maximum Gasteiger partial charge on any atom is 0.295 e. The summed E-state index contributed by atoms with van der Waals surface area (Å²) in [4.78, 5) is 27.0. The number of rotatable bonds is 7. The van der Waals surface area contributed by atoms with Gasteiger partial charge in [-0.2, -0.15) is 0 Å². The van der Waals surface area contributed by atoms with Crippen molar-refractivity contribution in [2.24, 2.45) is 0 Å². The Labute approximate surface area is 174 Å². The lowest BCUT2D eigenvalue weighted by molar-refractivity contribution is -0.140. The highest BCUT2D eigenvalue weighted by molar-refractivity contribution is 6.46. The number of ether oxygens (including phenoxy) is 2. The van der Waals surface area contributed by atoms with Crippen molar-refractivity contribution in [3.05, 3.63) is 71.0 Å². The van der Waals surface area contributed by atoms with Gasteiger partial charge in [0, 0.05) is 12.1 Å². The van der Waals surface area contributed by atoms with E-state index in [1.165, 1.54) is 36.3 Å². The lowest BCUT2D eigenvalue weighted by Crippen LogP contribution is -2.33. The molecular formula is C23H24FNO5. The van der Waals surface area contributed by atoms with Crippen LogP contribution in [0.15, 0.2) is 54.1 Å². The number of ketones is 1.